The fourth-order valence-corrected chi connectivity index (χ4v) is 3.83. The zero-order chi connectivity index (χ0) is 25.3. The van der Waals surface area contributed by atoms with Gasteiger partial charge < -0.3 is 20.1 Å². The summed E-state index contributed by atoms with van der Waals surface area (Å²) in [7, 11) is 0. The third-order valence-electron chi connectivity index (χ3n) is 5.47. The molecular weight excluding hydrogens is 452 g/mol. The number of nitrogens with one attached hydrogen (secondary N) is 2. The Bertz CT molecular complexity index is 1340. The van der Waals surface area contributed by atoms with Crippen LogP contribution in [0.5, 0.6) is 11.5 Å². The Kier molecular flexibility index (Phi) is 7.98. The number of amides is 2. The number of ether oxygens (including phenoxy) is 2. The maximum atomic E-state index is 13.4. The SMILES string of the molecule is CCOc1cc(NC(=O)c2ccccc2-c2ccccc2)c(OCC)cc1NC(=O)c1ccccc1. The molecule has 0 aliphatic heterocycles. The molecule has 0 spiro atoms. The first-order chi connectivity index (χ1) is 17.6. The summed E-state index contributed by atoms with van der Waals surface area (Å²) in [4.78, 5) is 26.2. The van der Waals surface area contributed by atoms with Crippen LogP contribution >= 0.6 is 0 Å². The molecule has 0 saturated carbocycles. The van der Waals surface area contributed by atoms with Gasteiger partial charge in [-0.2, -0.15) is 0 Å². The third kappa shape index (κ3) is 5.73. The number of carbonyl (C=O) groups is 2. The minimum Gasteiger partial charge on any atom is -0.492 e. The lowest BCUT2D eigenvalue weighted by Gasteiger charge is -2.18. The number of hydrogen-bond donors (Lipinski definition) is 2. The van der Waals surface area contributed by atoms with Crippen LogP contribution in [0, 0.1) is 0 Å². The van der Waals surface area contributed by atoms with E-state index in [1.807, 2.05) is 68.4 Å². The first-order valence-electron chi connectivity index (χ1n) is 11.9. The number of benzene rings is 4. The van der Waals surface area contributed by atoms with E-state index in [1.54, 1.807) is 42.5 Å². The summed E-state index contributed by atoms with van der Waals surface area (Å²) in [5.74, 6) is 0.304. The fourth-order valence-electron chi connectivity index (χ4n) is 3.83. The summed E-state index contributed by atoms with van der Waals surface area (Å²) in [5.41, 5.74) is 3.73. The van der Waals surface area contributed by atoms with Crippen molar-refractivity contribution < 1.29 is 19.1 Å². The van der Waals surface area contributed by atoms with Crippen LogP contribution in [-0.2, 0) is 0 Å². The van der Waals surface area contributed by atoms with Crippen molar-refractivity contribution in [2.45, 2.75) is 13.8 Å². The van der Waals surface area contributed by atoms with E-state index in [2.05, 4.69) is 10.6 Å². The lowest BCUT2D eigenvalue weighted by atomic mass is 9.99. The first-order valence-corrected chi connectivity index (χ1v) is 11.9. The zero-order valence-electron chi connectivity index (χ0n) is 20.3. The summed E-state index contributed by atoms with van der Waals surface area (Å²) in [6.45, 7) is 4.47. The molecule has 0 unspecified atom stereocenters. The van der Waals surface area contributed by atoms with E-state index in [0.29, 0.717) is 47.2 Å². The zero-order valence-corrected chi connectivity index (χ0v) is 20.3. The van der Waals surface area contributed by atoms with Crippen LogP contribution in [0.25, 0.3) is 11.1 Å². The largest absolute Gasteiger partial charge is 0.492 e. The maximum Gasteiger partial charge on any atom is 0.256 e. The Morgan fingerprint density at radius 3 is 1.72 bits per heavy atom. The fraction of sp³-hybridized carbons (Fsp3) is 0.133. The molecule has 2 amide bonds. The normalized spacial score (nSPS) is 10.4. The van der Waals surface area contributed by atoms with Gasteiger partial charge in [0, 0.05) is 23.3 Å². The van der Waals surface area contributed by atoms with Crippen LogP contribution in [0.4, 0.5) is 11.4 Å². The number of hydrogen-bond acceptors (Lipinski definition) is 4. The Morgan fingerprint density at radius 1 is 0.639 bits per heavy atom. The molecule has 4 aromatic rings. The minimum atomic E-state index is -0.279. The van der Waals surface area contributed by atoms with Crippen LogP contribution < -0.4 is 20.1 Å². The van der Waals surface area contributed by atoms with Gasteiger partial charge in [0.25, 0.3) is 11.8 Å². The first kappa shape index (κ1) is 24.5. The topological polar surface area (TPSA) is 76.7 Å². The highest BCUT2D eigenvalue weighted by atomic mass is 16.5. The summed E-state index contributed by atoms with van der Waals surface area (Å²) < 4.78 is 11.6. The predicted octanol–water partition coefficient (Wildman–Crippen LogP) is 6.66. The molecular formula is C30H28N2O4. The Hall–Kier alpha value is -4.58. The molecule has 0 aliphatic rings. The molecule has 0 aromatic heterocycles. The molecule has 0 atom stereocenters. The molecule has 0 heterocycles. The molecule has 0 aliphatic carbocycles. The summed E-state index contributed by atoms with van der Waals surface area (Å²) in [6.07, 6.45) is 0. The van der Waals surface area contributed by atoms with Gasteiger partial charge in [-0.3, -0.25) is 9.59 Å². The summed E-state index contributed by atoms with van der Waals surface area (Å²) in [6, 6.07) is 29.5. The molecule has 0 saturated heterocycles. The second kappa shape index (κ2) is 11.7. The van der Waals surface area contributed by atoms with Crippen LogP contribution in [0.3, 0.4) is 0 Å². The molecule has 0 bridgehead atoms. The van der Waals surface area contributed by atoms with Gasteiger partial charge in [0.05, 0.1) is 24.6 Å². The highest BCUT2D eigenvalue weighted by Crippen LogP contribution is 2.38. The van der Waals surface area contributed by atoms with Crippen molar-refractivity contribution in [3.8, 4) is 22.6 Å². The van der Waals surface area contributed by atoms with Crippen molar-refractivity contribution in [2.24, 2.45) is 0 Å². The quantitative estimate of drug-likeness (QED) is 0.281. The lowest BCUT2D eigenvalue weighted by molar-refractivity contribution is 0.101. The van der Waals surface area contributed by atoms with Gasteiger partial charge in [-0.05, 0) is 43.2 Å². The minimum absolute atomic E-state index is 0.271. The summed E-state index contributed by atoms with van der Waals surface area (Å²) >= 11 is 0. The van der Waals surface area contributed by atoms with Gasteiger partial charge in [0.1, 0.15) is 11.5 Å². The summed E-state index contributed by atoms with van der Waals surface area (Å²) in [5, 5.41) is 5.87. The average molecular weight is 481 g/mol. The molecule has 6 nitrogen and oxygen atoms in total. The van der Waals surface area contributed by atoms with Gasteiger partial charge in [-0.1, -0.05) is 66.7 Å². The third-order valence-corrected chi connectivity index (χ3v) is 5.47. The number of rotatable bonds is 9. The van der Waals surface area contributed by atoms with E-state index >= 15 is 0 Å². The van der Waals surface area contributed by atoms with Crippen molar-refractivity contribution >= 4 is 23.2 Å². The number of anilines is 2. The van der Waals surface area contributed by atoms with E-state index in [-0.39, 0.29) is 11.8 Å². The van der Waals surface area contributed by atoms with E-state index < -0.39 is 0 Å². The highest BCUT2D eigenvalue weighted by Gasteiger charge is 2.19. The van der Waals surface area contributed by atoms with Crippen molar-refractivity contribution in [1.82, 2.24) is 0 Å². The smallest absolute Gasteiger partial charge is 0.256 e. The van der Waals surface area contributed by atoms with Gasteiger partial charge in [0.15, 0.2) is 0 Å². The Balaban J connectivity index is 1.67. The molecule has 36 heavy (non-hydrogen) atoms. The van der Waals surface area contributed by atoms with Crippen molar-refractivity contribution in [3.63, 3.8) is 0 Å². The molecule has 6 heteroatoms. The second-order valence-electron chi connectivity index (χ2n) is 7.90. The van der Waals surface area contributed by atoms with Crippen molar-refractivity contribution in [3.05, 3.63) is 108 Å². The monoisotopic (exact) mass is 480 g/mol. The molecule has 2 N–H and O–H groups in total. The number of carbonyl (C=O) groups excluding carboxylic acids is 2. The van der Waals surface area contributed by atoms with Crippen LogP contribution in [0.15, 0.2) is 97.1 Å². The highest BCUT2D eigenvalue weighted by molar-refractivity contribution is 6.10. The maximum absolute atomic E-state index is 13.4. The van der Waals surface area contributed by atoms with Crippen LogP contribution in [-0.4, -0.2) is 25.0 Å². The predicted molar refractivity (Wildman–Crippen MR) is 143 cm³/mol. The molecule has 0 radical (unpaired) electrons. The van der Waals surface area contributed by atoms with E-state index in [4.69, 9.17) is 9.47 Å². The molecule has 182 valence electrons. The second-order valence-corrected chi connectivity index (χ2v) is 7.90. The van der Waals surface area contributed by atoms with E-state index in [9.17, 15) is 9.59 Å². The van der Waals surface area contributed by atoms with Gasteiger partial charge >= 0.3 is 0 Å². The van der Waals surface area contributed by atoms with Gasteiger partial charge in [-0.25, -0.2) is 0 Å². The molecule has 4 aromatic carbocycles. The van der Waals surface area contributed by atoms with Crippen LogP contribution in [0.1, 0.15) is 34.6 Å². The average Bonchev–Trinajstić information content (AvgIpc) is 2.92. The molecule has 4 rings (SSSR count). The van der Waals surface area contributed by atoms with E-state index in [0.717, 1.165) is 11.1 Å². The standard InChI is InChI=1S/C30H28N2O4/c1-3-35-27-20-26(28(36-4-2)19-25(27)31-29(33)22-15-9-6-10-16-22)32-30(34)24-18-12-11-17-23(24)21-13-7-5-8-14-21/h5-20H,3-4H2,1-2H3,(H,31,33)(H,32,34). The molecule has 0 fully saturated rings. The van der Waals surface area contributed by atoms with Crippen molar-refractivity contribution in [1.29, 1.82) is 0 Å². The Morgan fingerprint density at radius 2 is 1.14 bits per heavy atom. The van der Waals surface area contributed by atoms with Gasteiger partial charge in [-0.15, -0.1) is 0 Å². The Labute approximate surface area is 210 Å². The van der Waals surface area contributed by atoms with Crippen LogP contribution in [0.2, 0.25) is 0 Å². The van der Waals surface area contributed by atoms with E-state index in [1.165, 1.54) is 0 Å². The van der Waals surface area contributed by atoms with Crippen molar-refractivity contribution in [2.75, 3.05) is 23.8 Å². The lowest BCUT2D eigenvalue weighted by Crippen LogP contribution is -2.16. The van der Waals surface area contributed by atoms with Gasteiger partial charge in [0.2, 0.25) is 0 Å².